The Bertz CT molecular complexity index is 3890. The second-order valence-electron chi connectivity index (χ2n) is 18.0. The van der Waals surface area contributed by atoms with Gasteiger partial charge in [-0.2, -0.15) is 0 Å². The maximum atomic E-state index is 6.18. The van der Waals surface area contributed by atoms with Crippen molar-refractivity contribution in [2.24, 2.45) is 0 Å². The number of benzene rings is 12. The summed E-state index contributed by atoms with van der Waals surface area (Å²) in [6.45, 7) is 0. The van der Waals surface area contributed by atoms with Crippen molar-refractivity contribution in [1.82, 2.24) is 0 Å². The van der Waals surface area contributed by atoms with Crippen molar-refractivity contribution < 1.29 is 4.42 Å². The van der Waals surface area contributed by atoms with Crippen LogP contribution in [0.1, 0.15) is 22.3 Å². The monoisotopic (exact) mass is 879 g/mol. The van der Waals surface area contributed by atoms with Crippen LogP contribution >= 0.6 is 0 Å². The van der Waals surface area contributed by atoms with E-state index in [0.717, 1.165) is 50.1 Å². The van der Waals surface area contributed by atoms with Gasteiger partial charge < -0.3 is 9.32 Å². The average molecular weight is 880 g/mol. The molecule has 0 saturated heterocycles. The molecule has 0 aliphatic rings. The highest BCUT2D eigenvalue weighted by Crippen LogP contribution is 2.47. The second-order valence-corrected chi connectivity index (χ2v) is 18.0. The number of rotatable bonds is 9. The lowest BCUT2D eigenvalue weighted by molar-refractivity contribution is 0.669. The number of hydrogen-bond donors (Lipinski definition) is 0. The standard InChI is InChI=1S/C67H45NO/c1-4-17-51(18-5-1)67(52-19-6-2-7-20-52,53-21-8-3-9-22-53)54-35-30-48(31-36-54)58-41-42-64(61-25-13-12-24-60(58)61)68(56-39-40-59-50(44-56)29-28-47-16-10-11-23-57(47)59)55-37-32-46(33-38-55)49-34-43-66-63(45-49)62-26-14-15-27-65(62)69-66/h1-45H. The highest BCUT2D eigenvalue weighted by Gasteiger charge is 2.38. The first-order valence-electron chi connectivity index (χ1n) is 23.7. The summed E-state index contributed by atoms with van der Waals surface area (Å²) in [5, 5.41) is 9.57. The molecule has 0 aliphatic carbocycles. The molecular formula is C67H45NO. The van der Waals surface area contributed by atoms with E-state index < -0.39 is 5.41 Å². The van der Waals surface area contributed by atoms with Crippen molar-refractivity contribution in [3.05, 3.63) is 295 Å². The minimum absolute atomic E-state index is 0.517. The van der Waals surface area contributed by atoms with Crippen LogP contribution in [0.5, 0.6) is 0 Å². The number of hydrogen-bond acceptors (Lipinski definition) is 2. The van der Waals surface area contributed by atoms with E-state index in [1.165, 1.54) is 65.7 Å². The lowest BCUT2D eigenvalue weighted by atomic mass is 9.65. The average Bonchev–Trinajstić information content (AvgIpc) is 3.81. The summed E-state index contributed by atoms with van der Waals surface area (Å²) in [7, 11) is 0. The van der Waals surface area contributed by atoms with Crippen LogP contribution in [0.2, 0.25) is 0 Å². The van der Waals surface area contributed by atoms with Gasteiger partial charge >= 0.3 is 0 Å². The summed E-state index contributed by atoms with van der Waals surface area (Å²) >= 11 is 0. The molecule has 2 heteroatoms. The Morgan fingerprint density at radius 2 is 0.783 bits per heavy atom. The molecule has 0 unspecified atom stereocenters. The molecule has 0 fully saturated rings. The second kappa shape index (κ2) is 16.7. The van der Waals surface area contributed by atoms with E-state index in [0.29, 0.717) is 0 Å². The summed E-state index contributed by atoms with van der Waals surface area (Å²) in [4.78, 5) is 2.42. The van der Waals surface area contributed by atoms with Gasteiger partial charge in [-0.15, -0.1) is 0 Å². The molecule has 2 nitrogen and oxygen atoms in total. The van der Waals surface area contributed by atoms with Crippen molar-refractivity contribution in [3.8, 4) is 22.3 Å². The van der Waals surface area contributed by atoms with E-state index in [-0.39, 0.29) is 0 Å². The molecule has 1 aromatic heterocycles. The summed E-state index contributed by atoms with van der Waals surface area (Å²) in [6.07, 6.45) is 0. The fourth-order valence-electron chi connectivity index (χ4n) is 11.0. The first-order chi connectivity index (χ1) is 34.2. The Balaban J connectivity index is 0.946. The highest BCUT2D eigenvalue weighted by atomic mass is 16.3. The van der Waals surface area contributed by atoms with Crippen LogP contribution in [0.3, 0.4) is 0 Å². The molecule has 12 aromatic carbocycles. The molecule has 69 heavy (non-hydrogen) atoms. The Kier molecular flexibility index (Phi) is 9.77. The number of fused-ring (bicyclic) bond motifs is 7. The molecule has 0 spiro atoms. The summed E-state index contributed by atoms with van der Waals surface area (Å²) < 4.78 is 6.18. The van der Waals surface area contributed by atoms with Crippen LogP contribution in [0.4, 0.5) is 17.1 Å². The summed E-state index contributed by atoms with van der Waals surface area (Å²) in [5.74, 6) is 0. The highest BCUT2D eigenvalue weighted by molar-refractivity contribution is 6.11. The third-order valence-electron chi connectivity index (χ3n) is 14.2. The molecular weight excluding hydrogens is 835 g/mol. The maximum Gasteiger partial charge on any atom is 0.135 e. The van der Waals surface area contributed by atoms with Crippen LogP contribution in [-0.2, 0) is 5.41 Å². The SMILES string of the molecule is c1ccc(C(c2ccccc2)(c2ccccc2)c2ccc(-c3ccc(N(c4ccc(-c5ccc6oc7ccccc7c6c5)cc4)c4ccc5c(ccc6ccccc65)c4)c4ccccc34)cc2)cc1. The molecule has 0 atom stereocenters. The van der Waals surface area contributed by atoms with Gasteiger partial charge in [0.25, 0.3) is 0 Å². The number of para-hydroxylation sites is 1. The van der Waals surface area contributed by atoms with E-state index in [4.69, 9.17) is 4.42 Å². The fourth-order valence-corrected chi connectivity index (χ4v) is 11.0. The molecule has 0 radical (unpaired) electrons. The summed E-state index contributed by atoms with van der Waals surface area (Å²) in [6, 6.07) is 99.4. The van der Waals surface area contributed by atoms with Gasteiger partial charge in [-0.1, -0.05) is 224 Å². The van der Waals surface area contributed by atoms with E-state index >= 15 is 0 Å². The molecule has 13 rings (SSSR count). The van der Waals surface area contributed by atoms with Crippen LogP contribution in [0.25, 0.3) is 76.5 Å². The predicted molar refractivity (Wildman–Crippen MR) is 290 cm³/mol. The maximum absolute atomic E-state index is 6.18. The first-order valence-corrected chi connectivity index (χ1v) is 23.7. The van der Waals surface area contributed by atoms with Crippen LogP contribution in [0, 0.1) is 0 Å². The first kappa shape index (κ1) is 40.3. The normalized spacial score (nSPS) is 11.8. The largest absolute Gasteiger partial charge is 0.456 e. The lowest BCUT2D eigenvalue weighted by Crippen LogP contribution is -2.30. The topological polar surface area (TPSA) is 16.4 Å². The van der Waals surface area contributed by atoms with Crippen molar-refractivity contribution >= 4 is 71.3 Å². The molecule has 0 N–H and O–H groups in total. The summed E-state index contributed by atoms with van der Waals surface area (Å²) in [5.41, 5.74) is 14.1. The smallest absolute Gasteiger partial charge is 0.135 e. The molecule has 0 bridgehead atoms. The van der Waals surface area contributed by atoms with Crippen LogP contribution < -0.4 is 4.90 Å². The van der Waals surface area contributed by atoms with E-state index in [2.05, 4.69) is 266 Å². The molecule has 0 aliphatic heterocycles. The molecule has 0 amide bonds. The quantitative estimate of drug-likeness (QED) is 0.106. The Morgan fingerprint density at radius 1 is 0.275 bits per heavy atom. The van der Waals surface area contributed by atoms with Gasteiger partial charge in [-0.25, -0.2) is 0 Å². The molecule has 1 heterocycles. The van der Waals surface area contributed by atoms with Gasteiger partial charge in [0.05, 0.1) is 11.1 Å². The van der Waals surface area contributed by atoms with Crippen LogP contribution in [-0.4, -0.2) is 0 Å². The minimum Gasteiger partial charge on any atom is -0.456 e. The van der Waals surface area contributed by atoms with Gasteiger partial charge in [0.15, 0.2) is 0 Å². The van der Waals surface area contributed by atoms with Crippen molar-refractivity contribution in [3.63, 3.8) is 0 Å². The minimum atomic E-state index is -0.517. The Morgan fingerprint density at radius 3 is 1.48 bits per heavy atom. The van der Waals surface area contributed by atoms with Gasteiger partial charge in [0.2, 0.25) is 0 Å². The Labute approximate surface area is 401 Å². The van der Waals surface area contributed by atoms with Crippen LogP contribution in [0.15, 0.2) is 277 Å². The molecule has 0 saturated carbocycles. The fraction of sp³-hybridized carbons (Fsp3) is 0.0149. The third kappa shape index (κ3) is 6.80. The number of furan rings is 1. The van der Waals surface area contributed by atoms with Crippen molar-refractivity contribution in [1.29, 1.82) is 0 Å². The van der Waals surface area contributed by atoms with Gasteiger partial charge in [-0.3, -0.25) is 0 Å². The van der Waals surface area contributed by atoms with Gasteiger partial charge in [-0.05, 0) is 120 Å². The van der Waals surface area contributed by atoms with Crippen molar-refractivity contribution in [2.45, 2.75) is 5.41 Å². The molecule has 324 valence electrons. The number of nitrogens with zero attached hydrogens (tertiary/aromatic N) is 1. The van der Waals surface area contributed by atoms with Gasteiger partial charge in [0, 0.05) is 27.5 Å². The van der Waals surface area contributed by atoms with Crippen molar-refractivity contribution in [2.75, 3.05) is 4.90 Å². The van der Waals surface area contributed by atoms with Gasteiger partial charge in [0.1, 0.15) is 11.2 Å². The van der Waals surface area contributed by atoms with E-state index in [9.17, 15) is 0 Å². The third-order valence-corrected chi connectivity index (χ3v) is 14.2. The van der Waals surface area contributed by atoms with E-state index in [1.54, 1.807) is 0 Å². The van der Waals surface area contributed by atoms with E-state index in [1.807, 2.05) is 12.1 Å². The zero-order valence-corrected chi connectivity index (χ0v) is 37.8. The number of anilines is 3. The lowest BCUT2D eigenvalue weighted by Gasteiger charge is -2.37. The Hall–Kier alpha value is -8.98. The zero-order valence-electron chi connectivity index (χ0n) is 37.8. The molecule has 13 aromatic rings. The zero-order chi connectivity index (χ0) is 45.7. The predicted octanol–water partition coefficient (Wildman–Crippen LogP) is 18.2.